The number of carbonyl (C=O) groups is 1. The van der Waals surface area contributed by atoms with E-state index < -0.39 is 0 Å². The second kappa shape index (κ2) is 8.75. The van der Waals surface area contributed by atoms with Gasteiger partial charge in [-0.25, -0.2) is 24.0 Å². The van der Waals surface area contributed by atoms with Crippen LogP contribution in [-0.2, 0) is 11.3 Å². The Kier molecular flexibility index (Phi) is 5.88. The fraction of sp³-hybridized carbons (Fsp3) is 0.348. The highest BCUT2D eigenvalue weighted by atomic mass is 19.1. The third-order valence-electron chi connectivity index (χ3n) is 5.33. The lowest BCUT2D eigenvalue weighted by atomic mass is 10.1. The molecule has 1 aromatic carbocycles. The maximum absolute atomic E-state index is 13.6. The topological polar surface area (TPSA) is 76.8 Å². The molecule has 0 saturated heterocycles. The minimum atomic E-state index is -0.263. The lowest BCUT2D eigenvalue weighted by Crippen LogP contribution is -2.37. The SMILES string of the molecule is Cc1cc(-c2nc(C(C)C)n(CC(=O)N3CC=C(c4ncccn4)CC3)n2)ccc1F. The second-order valence-corrected chi connectivity index (χ2v) is 7.96. The van der Waals surface area contributed by atoms with Gasteiger partial charge in [0.2, 0.25) is 5.91 Å². The number of rotatable bonds is 5. The summed E-state index contributed by atoms with van der Waals surface area (Å²) in [5.74, 6) is 1.77. The summed E-state index contributed by atoms with van der Waals surface area (Å²) in [5.41, 5.74) is 2.33. The first-order valence-corrected chi connectivity index (χ1v) is 10.4. The quantitative estimate of drug-likeness (QED) is 0.630. The minimum absolute atomic E-state index is 0.0158. The van der Waals surface area contributed by atoms with Crippen molar-refractivity contribution in [2.45, 2.75) is 39.7 Å². The zero-order valence-corrected chi connectivity index (χ0v) is 17.9. The maximum atomic E-state index is 13.6. The third-order valence-corrected chi connectivity index (χ3v) is 5.33. The Bertz CT molecular complexity index is 1120. The van der Waals surface area contributed by atoms with Gasteiger partial charge in [-0.1, -0.05) is 19.9 Å². The molecule has 2 aromatic heterocycles. The molecule has 0 spiro atoms. The molecule has 8 heteroatoms. The number of hydrogen-bond donors (Lipinski definition) is 0. The first kappa shape index (κ1) is 20.8. The molecule has 0 atom stereocenters. The normalized spacial score (nSPS) is 14.1. The highest BCUT2D eigenvalue weighted by Gasteiger charge is 2.22. The number of benzene rings is 1. The summed E-state index contributed by atoms with van der Waals surface area (Å²) >= 11 is 0. The van der Waals surface area contributed by atoms with Gasteiger partial charge >= 0.3 is 0 Å². The fourth-order valence-electron chi connectivity index (χ4n) is 3.60. The molecule has 7 nitrogen and oxygen atoms in total. The molecule has 0 aliphatic carbocycles. The number of nitrogens with zero attached hydrogens (tertiary/aromatic N) is 6. The largest absolute Gasteiger partial charge is 0.337 e. The van der Waals surface area contributed by atoms with Crippen LogP contribution in [0.5, 0.6) is 0 Å². The number of aryl methyl sites for hydroxylation is 1. The zero-order chi connectivity index (χ0) is 22.0. The standard InChI is InChI=1S/C23H25FN6O/c1-15(2)23-27-22(18-5-6-19(24)16(3)13-18)28-30(23)14-20(31)29-11-7-17(8-12-29)21-25-9-4-10-26-21/h4-7,9-10,13,15H,8,11-12,14H2,1-3H3. The van der Waals surface area contributed by atoms with Gasteiger partial charge in [0, 0.05) is 37.0 Å². The molecular weight excluding hydrogens is 395 g/mol. The van der Waals surface area contributed by atoms with Gasteiger partial charge in [-0.2, -0.15) is 5.10 Å². The second-order valence-electron chi connectivity index (χ2n) is 7.96. The summed E-state index contributed by atoms with van der Waals surface area (Å²) in [5, 5.41) is 4.57. The molecule has 0 fully saturated rings. The van der Waals surface area contributed by atoms with Gasteiger partial charge in [0.1, 0.15) is 18.2 Å². The van der Waals surface area contributed by atoms with Gasteiger partial charge in [0.05, 0.1) is 0 Å². The van der Waals surface area contributed by atoms with Crippen molar-refractivity contribution in [2.75, 3.05) is 13.1 Å². The van der Waals surface area contributed by atoms with Gasteiger partial charge < -0.3 is 4.90 Å². The molecule has 1 aliphatic heterocycles. The van der Waals surface area contributed by atoms with Crippen molar-refractivity contribution in [3.63, 3.8) is 0 Å². The van der Waals surface area contributed by atoms with Crippen LogP contribution in [0.3, 0.4) is 0 Å². The van der Waals surface area contributed by atoms with E-state index >= 15 is 0 Å². The zero-order valence-electron chi connectivity index (χ0n) is 17.9. The summed E-state index contributed by atoms with van der Waals surface area (Å²) in [7, 11) is 0. The van der Waals surface area contributed by atoms with Crippen LogP contribution in [0.25, 0.3) is 17.0 Å². The van der Waals surface area contributed by atoms with E-state index in [9.17, 15) is 9.18 Å². The maximum Gasteiger partial charge on any atom is 0.244 e. The Hall–Kier alpha value is -3.42. The van der Waals surface area contributed by atoms with Gasteiger partial charge in [0.25, 0.3) is 0 Å². The average molecular weight is 420 g/mol. The minimum Gasteiger partial charge on any atom is -0.337 e. The average Bonchev–Trinajstić information content (AvgIpc) is 3.20. The van der Waals surface area contributed by atoms with E-state index in [1.54, 1.807) is 47.1 Å². The van der Waals surface area contributed by atoms with Crippen molar-refractivity contribution in [1.29, 1.82) is 0 Å². The van der Waals surface area contributed by atoms with Crippen LogP contribution in [0.15, 0.2) is 42.7 Å². The highest BCUT2D eigenvalue weighted by Crippen LogP contribution is 2.23. The van der Waals surface area contributed by atoms with Gasteiger partial charge in [0.15, 0.2) is 11.6 Å². The third kappa shape index (κ3) is 4.52. The van der Waals surface area contributed by atoms with Gasteiger partial charge in [-0.3, -0.25) is 4.79 Å². The van der Waals surface area contributed by atoms with E-state index in [1.807, 2.05) is 19.9 Å². The Morgan fingerprint density at radius 2 is 1.97 bits per heavy atom. The van der Waals surface area contributed by atoms with Crippen molar-refractivity contribution in [3.05, 3.63) is 65.8 Å². The molecule has 1 aliphatic rings. The lowest BCUT2D eigenvalue weighted by Gasteiger charge is -2.26. The van der Waals surface area contributed by atoms with Crippen LogP contribution in [0, 0.1) is 12.7 Å². The van der Waals surface area contributed by atoms with Crippen LogP contribution in [0.1, 0.15) is 43.4 Å². The van der Waals surface area contributed by atoms with E-state index in [2.05, 4.69) is 20.1 Å². The van der Waals surface area contributed by atoms with Crippen LogP contribution in [0.2, 0.25) is 0 Å². The van der Waals surface area contributed by atoms with E-state index in [1.165, 1.54) is 6.07 Å². The number of aromatic nitrogens is 5. The van der Waals surface area contributed by atoms with Crippen molar-refractivity contribution in [1.82, 2.24) is 29.6 Å². The first-order valence-electron chi connectivity index (χ1n) is 10.4. The fourth-order valence-corrected chi connectivity index (χ4v) is 3.60. The Labute approximate surface area is 180 Å². The lowest BCUT2D eigenvalue weighted by molar-refractivity contribution is -0.131. The van der Waals surface area contributed by atoms with Gasteiger partial charge in [-0.15, -0.1) is 0 Å². The van der Waals surface area contributed by atoms with Crippen molar-refractivity contribution < 1.29 is 9.18 Å². The van der Waals surface area contributed by atoms with E-state index in [-0.39, 0.29) is 24.2 Å². The van der Waals surface area contributed by atoms with Crippen molar-refractivity contribution in [2.24, 2.45) is 0 Å². The monoisotopic (exact) mass is 420 g/mol. The Morgan fingerprint density at radius 1 is 1.19 bits per heavy atom. The Morgan fingerprint density at radius 3 is 2.61 bits per heavy atom. The molecule has 0 unspecified atom stereocenters. The van der Waals surface area contributed by atoms with Crippen LogP contribution >= 0.6 is 0 Å². The van der Waals surface area contributed by atoms with E-state index in [0.29, 0.717) is 36.7 Å². The molecule has 4 rings (SSSR count). The molecule has 0 radical (unpaired) electrons. The van der Waals surface area contributed by atoms with Crippen molar-refractivity contribution >= 4 is 11.5 Å². The van der Waals surface area contributed by atoms with E-state index in [4.69, 9.17) is 0 Å². The van der Waals surface area contributed by atoms with Crippen LogP contribution in [0.4, 0.5) is 4.39 Å². The highest BCUT2D eigenvalue weighted by molar-refractivity contribution is 5.77. The molecule has 3 heterocycles. The number of halogens is 1. The summed E-state index contributed by atoms with van der Waals surface area (Å²) in [6.45, 7) is 6.98. The molecular formula is C23H25FN6O. The molecule has 0 saturated carbocycles. The summed E-state index contributed by atoms with van der Waals surface area (Å²) < 4.78 is 15.3. The molecule has 31 heavy (non-hydrogen) atoms. The predicted octanol–water partition coefficient (Wildman–Crippen LogP) is 3.62. The first-order chi connectivity index (χ1) is 14.9. The number of amides is 1. The summed E-state index contributed by atoms with van der Waals surface area (Å²) in [6, 6.07) is 6.59. The van der Waals surface area contributed by atoms with E-state index in [0.717, 1.165) is 17.0 Å². The summed E-state index contributed by atoms with van der Waals surface area (Å²) in [4.78, 5) is 28.0. The Balaban J connectivity index is 1.51. The number of hydrogen-bond acceptors (Lipinski definition) is 5. The summed E-state index contributed by atoms with van der Waals surface area (Å²) in [6.07, 6.45) is 6.16. The van der Waals surface area contributed by atoms with Gasteiger partial charge in [-0.05, 0) is 48.7 Å². The van der Waals surface area contributed by atoms with Crippen LogP contribution in [-0.4, -0.2) is 48.6 Å². The molecule has 0 N–H and O–H groups in total. The molecule has 1 amide bonds. The van der Waals surface area contributed by atoms with Crippen LogP contribution < -0.4 is 0 Å². The molecule has 0 bridgehead atoms. The number of carbonyl (C=O) groups excluding carboxylic acids is 1. The molecule has 160 valence electrons. The molecule has 3 aromatic rings. The smallest absolute Gasteiger partial charge is 0.244 e. The van der Waals surface area contributed by atoms with Crippen molar-refractivity contribution in [3.8, 4) is 11.4 Å². The predicted molar refractivity (Wildman–Crippen MR) is 115 cm³/mol.